The van der Waals surface area contributed by atoms with Crippen LogP contribution in [0.4, 0.5) is 0 Å². The van der Waals surface area contributed by atoms with Crippen LogP contribution in [0.15, 0.2) is 6.20 Å². The van der Waals surface area contributed by atoms with Gasteiger partial charge in [0.1, 0.15) is 0 Å². The standard InChI is InChI=1S/C6H9N3O2S/c10-6-3-9(11-4-6)2-5-1-7-12-8-5/h1,6,10H,2-4H2/t6-/m0/s1. The van der Waals surface area contributed by atoms with Gasteiger partial charge < -0.3 is 5.11 Å². The van der Waals surface area contributed by atoms with Gasteiger partial charge in [0, 0.05) is 0 Å². The van der Waals surface area contributed by atoms with Gasteiger partial charge in [0.2, 0.25) is 0 Å². The third-order valence-electron chi connectivity index (χ3n) is 1.61. The van der Waals surface area contributed by atoms with Crippen molar-refractivity contribution in [3.8, 4) is 0 Å². The second kappa shape index (κ2) is 3.44. The molecule has 0 aliphatic carbocycles. The van der Waals surface area contributed by atoms with E-state index in [1.807, 2.05) is 0 Å². The van der Waals surface area contributed by atoms with Crippen molar-refractivity contribution in [2.24, 2.45) is 0 Å². The number of β-amino-alcohol motifs (C(OH)–C–C–N with tert-alkyl or cyclic N) is 1. The summed E-state index contributed by atoms with van der Waals surface area (Å²) in [6.45, 7) is 1.54. The molecular formula is C6H9N3O2S. The number of aromatic nitrogens is 2. The molecular weight excluding hydrogens is 178 g/mol. The molecule has 2 heterocycles. The van der Waals surface area contributed by atoms with Crippen LogP contribution in [0.5, 0.6) is 0 Å². The molecule has 2 rings (SSSR count). The average molecular weight is 187 g/mol. The van der Waals surface area contributed by atoms with Gasteiger partial charge in [-0.2, -0.15) is 13.8 Å². The fourth-order valence-electron chi connectivity index (χ4n) is 1.08. The minimum atomic E-state index is -0.364. The molecule has 1 aliphatic heterocycles. The number of hydrogen-bond donors (Lipinski definition) is 1. The van der Waals surface area contributed by atoms with Crippen molar-refractivity contribution < 1.29 is 9.94 Å². The summed E-state index contributed by atoms with van der Waals surface area (Å²) < 4.78 is 7.90. The lowest BCUT2D eigenvalue weighted by Crippen LogP contribution is -2.20. The Hall–Kier alpha value is -0.560. The maximum Gasteiger partial charge on any atom is 0.0958 e. The Morgan fingerprint density at radius 2 is 2.75 bits per heavy atom. The van der Waals surface area contributed by atoms with E-state index in [2.05, 4.69) is 8.75 Å². The molecule has 12 heavy (non-hydrogen) atoms. The second-order valence-corrected chi connectivity index (χ2v) is 3.23. The van der Waals surface area contributed by atoms with Crippen molar-refractivity contribution in [3.05, 3.63) is 11.9 Å². The Balaban J connectivity index is 1.88. The summed E-state index contributed by atoms with van der Waals surface area (Å²) in [5.41, 5.74) is 0.883. The summed E-state index contributed by atoms with van der Waals surface area (Å²) in [7, 11) is 0. The van der Waals surface area contributed by atoms with Gasteiger partial charge in [-0.05, 0) is 0 Å². The molecule has 6 heteroatoms. The fraction of sp³-hybridized carbons (Fsp3) is 0.667. The Labute approximate surface area is 73.9 Å². The smallest absolute Gasteiger partial charge is 0.0958 e. The molecule has 0 spiro atoms. The van der Waals surface area contributed by atoms with Crippen molar-refractivity contribution in [2.45, 2.75) is 12.6 Å². The van der Waals surface area contributed by atoms with Crippen LogP contribution < -0.4 is 0 Å². The number of nitrogens with zero attached hydrogens (tertiary/aromatic N) is 3. The quantitative estimate of drug-likeness (QED) is 0.685. The van der Waals surface area contributed by atoms with E-state index in [0.29, 0.717) is 19.7 Å². The Kier molecular flexibility index (Phi) is 2.31. The van der Waals surface area contributed by atoms with Crippen LogP contribution in [0.1, 0.15) is 5.69 Å². The summed E-state index contributed by atoms with van der Waals surface area (Å²) in [6.07, 6.45) is 1.34. The third kappa shape index (κ3) is 1.78. The minimum Gasteiger partial charge on any atom is -0.389 e. The van der Waals surface area contributed by atoms with E-state index < -0.39 is 0 Å². The first-order valence-electron chi connectivity index (χ1n) is 3.67. The van der Waals surface area contributed by atoms with Gasteiger partial charge in [-0.15, -0.1) is 0 Å². The molecule has 0 aromatic carbocycles. The van der Waals surface area contributed by atoms with Crippen LogP contribution in [0, 0.1) is 0 Å². The summed E-state index contributed by atoms with van der Waals surface area (Å²) in [5.74, 6) is 0. The summed E-state index contributed by atoms with van der Waals surface area (Å²) in [6, 6.07) is 0. The van der Waals surface area contributed by atoms with Gasteiger partial charge >= 0.3 is 0 Å². The number of hydroxylamine groups is 2. The van der Waals surface area contributed by atoms with E-state index in [9.17, 15) is 0 Å². The molecule has 1 aliphatic rings. The van der Waals surface area contributed by atoms with Gasteiger partial charge in [0.25, 0.3) is 0 Å². The molecule has 0 radical (unpaired) electrons. The molecule has 1 N–H and O–H groups in total. The van der Waals surface area contributed by atoms with Gasteiger partial charge in [0.15, 0.2) is 0 Å². The Bertz CT molecular complexity index is 241. The highest BCUT2D eigenvalue weighted by Gasteiger charge is 2.21. The Morgan fingerprint density at radius 1 is 1.83 bits per heavy atom. The molecule has 1 atom stereocenters. The predicted octanol–water partition coefficient (Wildman–Crippen LogP) is -0.354. The van der Waals surface area contributed by atoms with E-state index in [0.717, 1.165) is 5.69 Å². The maximum absolute atomic E-state index is 9.13. The summed E-state index contributed by atoms with van der Waals surface area (Å²) in [5, 5.41) is 10.8. The highest BCUT2D eigenvalue weighted by Crippen LogP contribution is 2.09. The lowest BCUT2D eigenvalue weighted by molar-refractivity contribution is -0.118. The maximum atomic E-state index is 9.13. The van der Waals surface area contributed by atoms with Gasteiger partial charge in [-0.3, -0.25) is 4.84 Å². The predicted molar refractivity (Wildman–Crippen MR) is 42.3 cm³/mol. The molecule has 1 fully saturated rings. The van der Waals surface area contributed by atoms with Gasteiger partial charge in [-0.25, -0.2) is 0 Å². The summed E-state index contributed by atoms with van der Waals surface area (Å²) in [4.78, 5) is 5.16. The van der Waals surface area contributed by atoms with Crippen LogP contribution in [-0.4, -0.2) is 38.2 Å². The van der Waals surface area contributed by atoms with E-state index >= 15 is 0 Å². The van der Waals surface area contributed by atoms with Crippen LogP contribution in [0.25, 0.3) is 0 Å². The molecule has 5 nitrogen and oxygen atoms in total. The Morgan fingerprint density at radius 3 is 3.33 bits per heavy atom. The zero-order chi connectivity index (χ0) is 8.39. The van der Waals surface area contributed by atoms with Crippen LogP contribution in [0.3, 0.4) is 0 Å². The molecule has 0 saturated carbocycles. The lowest BCUT2D eigenvalue weighted by atomic mass is 10.4. The van der Waals surface area contributed by atoms with Gasteiger partial charge in [0.05, 0.1) is 49.4 Å². The van der Waals surface area contributed by atoms with Crippen molar-refractivity contribution >= 4 is 11.7 Å². The number of rotatable bonds is 2. The monoisotopic (exact) mass is 187 g/mol. The highest BCUT2D eigenvalue weighted by atomic mass is 32.1. The number of aliphatic hydroxyl groups is 1. The normalized spacial score (nSPS) is 24.9. The average Bonchev–Trinajstić information content (AvgIpc) is 2.63. The zero-order valence-electron chi connectivity index (χ0n) is 6.38. The number of aliphatic hydroxyl groups excluding tert-OH is 1. The molecule has 0 bridgehead atoms. The largest absolute Gasteiger partial charge is 0.389 e. The SMILES string of the molecule is O[C@@H]1CON(Cc2cnsn2)C1. The van der Waals surface area contributed by atoms with Crippen LogP contribution in [-0.2, 0) is 11.4 Å². The first-order chi connectivity index (χ1) is 5.84. The van der Waals surface area contributed by atoms with E-state index in [-0.39, 0.29) is 6.10 Å². The van der Waals surface area contributed by atoms with E-state index in [1.165, 1.54) is 11.7 Å². The van der Waals surface area contributed by atoms with Crippen molar-refractivity contribution in [1.82, 2.24) is 13.8 Å². The zero-order valence-corrected chi connectivity index (χ0v) is 7.20. The van der Waals surface area contributed by atoms with Crippen molar-refractivity contribution in [1.29, 1.82) is 0 Å². The lowest BCUT2D eigenvalue weighted by Gasteiger charge is -2.10. The first kappa shape index (κ1) is 8.06. The molecule has 1 aromatic rings. The van der Waals surface area contributed by atoms with Crippen LogP contribution in [0.2, 0.25) is 0 Å². The van der Waals surface area contributed by atoms with E-state index in [1.54, 1.807) is 11.3 Å². The number of hydrogen-bond acceptors (Lipinski definition) is 6. The molecule has 1 aromatic heterocycles. The third-order valence-corrected chi connectivity index (χ3v) is 2.13. The highest BCUT2D eigenvalue weighted by molar-refractivity contribution is 6.99. The molecule has 0 amide bonds. The molecule has 66 valence electrons. The molecule has 1 saturated heterocycles. The summed E-state index contributed by atoms with van der Waals surface area (Å²) >= 11 is 1.18. The minimum absolute atomic E-state index is 0.364. The molecule has 0 unspecified atom stereocenters. The van der Waals surface area contributed by atoms with Crippen molar-refractivity contribution in [3.63, 3.8) is 0 Å². The van der Waals surface area contributed by atoms with E-state index in [4.69, 9.17) is 9.94 Å². The topological polar surface area (TPSA) is 58.5 Å². The van der Waals surface area contributed by atoms with Gasteiger partial charge in [-0.1, -0.05) is 0 Å². The van der Waals surface area contributed by atoms with Crippen molar-refractivity contribution in [2.75, 3.05) is 13.2 Å². The van der Waals surface area contributed by atoms with Crippen LogP contribution >= 0.6 is 11.7 Å². The first-order valence-corrected chi connectivity index (χ1v) is 4.40. The fourth-order valence-corrected chi connectivity index (χ4v) is 1.50. The second-order valence-electron chi connectivity index (χ2n) is 2.67.